The minimum absolute atomic E-state index is 0.0855. The predicted molar refractivity (Wildman–Crippen MR) is 132 cm³/mol. The molecule has 1 amide bonds. The molecule has 0 saturated carbocycles. The van der Waals surface area contributed by atoms with Gasteiger partial charge in [0.1, 0.15) is 5.82 Å². The quantitative estimate of drug-likeness (QED) is 0.414. The zero-order chi connectivity index (χ0) is 26.0. The van der Waals surface area contributed by atoms with Crippen LogP contribution in [0.2, 0.25) is 0 Å². The molecule has 0 N–H and O–H groups in total. The molecule has 3 aromatic rings. The van der Waals surface area contributed by atoms with E-state index in [-0.39, 0.29) is 34.3 Å². The Kier molecular flexibility index (Phi) is 5.13. The molecule has 1 unspecified atom stereocenters. The molecule has 10 nitrogen and oxygen atoms in total. The maximum atomic E-state index is 13.8. The molecule has 5 rings (SSSR count). The van der Waals surface area contributed by atoms with E-state index in [4.69, 9.17) is 0 Å². The molecular formula is C26H22N4O6. The van der Waals surface area contributed by atoms with E-state index >= 15 is 0 Å². The van der Waals surface area contributed by atoms with Crippen LogP contribution in [-0.4, -0.2) is 25.7 Å². The van der Waals surface area contributed by atoms with Crippen molar-refractivity contribution in [1.29, 1.82) is 0 Å². The summed E-state index contributed by atoms with van der Waals surface area (Å²) in [5.74, 6) is -2.08. The number of rotatable bonds is 3. The van der Waals surface area contributed by atoms with Crippen LogP contribution in [0.5, 0.6) is 0 Å². The fraction of sp³-hybridized carbons (Fsp3) is 0.231. The van der Waals surface area contributed by atoms with Gasteiger partial charge in [0.15, 0.2) is 5.78 Å². The Hall–Kier alpha value is -4.60. The lowest BCUT2D eigenvalue weighted by molar-refractivity contribution is -0.384. The largest absolute Gasteiger partial charge is 0.332 e. The summed E-state index contributed by atoms with van der Waals surface area (Å²) < 4.78 is 2.18. The fourth-order valence-electron chi connectivity index (χ4n) is 5.02. The molecule has 0 fully saturated rings. The zero-order valence-electron chi connectivity index (χ0n) is 20.0. The van der Waals surface area contributed by atoms with Gasteiger partial charge in [0, 0.05) is 54.8 Å². The zero-order valence-corrected chi connectivity index (χ0v) is 20.0. The van der Waals surface area contributed by atoms with Crippen LogP contribution in [0.15, 0.2) is 63.7 Å². The van der Waals surface area contributed by atoms with Gasteiger partial charge in [0.2, 0.25) is 5.91 Å². The normalized spacial score (nSPS) is 16.2. The highest BCUT2D eigenvalue weighted by Gasteiger charge is 2.48. The monoisotopic (exact) mass is 486 g/mol. The minimum atomic E-state index is -0.947. The Labute approximate surface area is 204 Å². The van der Waals surface area contributed by atoms with Crippen molar-refractivity contribution in [3.63, 3.8) is 0 Å². The molecule has 1 atom stereocenters. The number of ketones is 1. The number of benzene rings is 2. The second-order valence-corrected chi connectivity index (χ2v) is 9.19. The van der Waals surface area contributed by atoms with Crippen LogP contribution in [0.3, 0.4) is 0 Å². The topological polar surface area (TPSA) is 125 Å². The van der Waals surface area contributed by atoms with Gasteiger partial charge in [-0.3, -0.25) is 38.5 Å². The van der Waals surface area contributed by atoms with E-state index in [2.05, 4.69) is 0 Å². The Morgan fingerprint density at radius 3 is 2.14 bits per heavy atom. The van der Waals surface area contributed by atoms with Crippen LogP contribution in [0.4, 0.5) is 11.5 Å². The lowest BCUT2D eigenvalue weighted by Crippen LogP contribution is -2.48. The number of non-ortho nitro benzene ring substituents is 1. The van der Waals surface area contributed by atoms with Gasteiger partial charge in [0.05, 0.1) is 16.2 Å². The average molecular weight is 486 g/mol. The van der Waals surface area contributed by atoms with Crippen LogP contribution >= 0.6 is 0 Å². The number of aromatic nitrogens is 2. The van der Waals surface area contributed by atoms with Gasteiger partial charge < -0.3 is 0 Å². The van der Waals surface area contributed by atoms with Crippen LogP contribution < -0.4 is 16.1 Å². The first-order valence-electron chi connectivity index (χ1n) is 11.3. The Bertz CT molecular complexity index is 1640. The molecule has 182 valence electrons. The SMILES string of the molecule is CC(C)C(=O)N1C2=C(C(=O)c3ccccc32)C(c2ccc([N+](=O)[O-])cc2)c2c1n(C)c(=O)n(C)c2=O. The first kappa shape index (κ1) is 23.2. The molecule has 2 heterocycles. The molecule has 10 heteroatoms. The Morgan fingerprint density at radius 1 is 0.944 bits per heavy atom. The van der Waals surface area contributed by atoms with Crippen molar-refractivity contribution in [1.82, 2.24) is 9.13 Å². The van der Waals surface area contributed by atoms with Crippen molar-refractivity contribution < 1.29 is 14.5 Å². The highest BCUT2D eigenvalue weighted by molar-refractivity contribution is 6.27. The molecule has 2 aromatic carbocycles. The molecule has 36 heavy (non-hydrogen) atoms. The smallest absolute Gasteiger partial charge is 0.289 e. The number of nitro groups is 1. The van der Waals surface area contributed by atoms with E-state index in [1.165, 1.54) is 47.8 Å². The summed E-state index contributed by atoms with van der Waals surface area (Å²) in [7, 11) is 2.81. The predicted octanol–water partition coefficient (Wildman–Crippen LogP) is 2.73. The van der Waals surface area contributed by atoms with Crippen LogP contribution in [0.1, 0.15) is 46.8 Å². The summed E-state index contributed by atoms with van der Waals surface area (Å²) in [4.78, 5) is 66.1. The first-order chi connectivity index (χ1) is 17.1. The van der Waals surface area contributed by atoms with E-state index in [0.717, 1.165) is 4.57 Å². The maximum Gasteiger partial charge on any atom is 0.332 e. The number of allylic oxidation sites excluding steroid dienone is 1. The van der Waals surface area contributed by atoms with Crippen molar-refractivity contribution in [3.8, 4) is 0 Å². The third-order valence-electron chi connectivity index (χ3n) is 6.76. The van der Waals surface area contributed by atoms with Crippen LogP contribution in [0, 0.1) is 16.0 Å². The molecule has 0 bridgehead atoms. The molecule has 2 aliphatic rings. The van der Waals surface area contributed by atoms with Gasteiger partial charge in [-0.05, 0) is 5.56 Å². The van der Waals surface area contributed by atoms with E-state index in [1.54, 1.807) is 38.1 Å². The molecule has 1 aliphatic carbocycles. The van der Waals surface area contributed by atoms with Gasteiger partial charge in [-0.15, -0.1) is 0 Å². The van der Waals surface area contributed by atoms with Crippen molar-refractivity contribution >= 4 is 28.9 Å². The standard InChI is InChI=1S/C26H22N4O6/c1-13(2)24(32)29-21-16-7-5-6-8-17(16)22(31)19(21)18(14-9-11-15(12-10-14)30(35)36)20-23(29)27(3)26(34)28(4)25(20)33/h5-13,18H,1-4H3. The van der Waals surface area contributed by atoms with E-state index in [0.29, 0.717) is 22.4 Å². The summed E-state index contributed by atoms with van der Waals surface area (Å²) in [6.07, 6.45) is 0. The molecule has 0 spiro atoms. The highest BCUT2D eigenvalue weighted by atomic mass is 16.6. The Balaban J connectivity index is 1.95. The van der Waals surface area contributed by atoms with Crippen LogP contribution in [0.25, 0.3) is 5.70 Å². The molecule has 1 aliphatic heterocycles. The Morgan fingerprint density at radius 2 is 1.56 bits per heavy atom. The number of amides is 1. The van der Waals surface area contributed by atoms with Gasteiger partial charge in [-0.25, -0.2) is 4.79 Å². The van der Waals surface area contributed by atoms with E-state index < -0.39 is 28.0 Å². The first-order valence-corrected chi connectivity index (χ1v) is 11.3. The summed E-state index contributed by atoms with van der Waals surface area (Å²) in [5, 5.41) is 11.2. The number of carbonyl (C=O) groups is 2. The number of nitrogens with zero attached hydrogens (tertiary/aromatic N) is 4. The molecule has 1 aromatic heterocycles. The van der Waals surface area contributed by atoms with Crippen molar-refractivity contribution in [2.24, 2.45) is 20.0 Å². The summed E-state index contributed by atoms with van der Waals surface area (Å²) in [5.41, 5.74) is 0.594. The summed E-state index contributed by atoms with van der Waals surface area (Å²) in [6.45, 7) is 3.40. The lowest BCUT2D eigenvalue weighted by atomic mass is 9.80. The number of carbonyl (C=O) groups excluding carboxylic acids is 2. The van der Waals surface area contributed by atoms with Crippen molar-refractivity contribution in [3.05, 3.63) is 107 Å². The van der Waals surface area contributed by atoms with Gasteiger partial charge in [-0.2, -0.15) is 0 Å². The lowest BCUT2D eigenvalue weighted by Gasteiger charge is -2.37. The summed E-state index contributed by atoms with van der Waals surface area (Å²) in [6, 6.07) is 12.5. The number of Topliss-reactive ketones (excluding diaryl/α,β-unsaturated/α-hetero) is 1. The molecular weight excluding hydrogens is 464 g/mol. The van der Waals surface area contributed by atoms with Gasteiger partial charge in [0.25, 0.3) is 11.2 Å². The maximum absolute atomic E-state index is 13.8. The van der Waals surface area contributed by atoms with Crippen molar-refractivity contribution in [2.75, 3.05) is 4.90 Å². The third kappa shape index (κ3) is 3.03. The number of hydrogen-bond donors (Lipinski definition) is 0. The number of hydrogen-bond acceptors (Lipinski definition) is 6. The third-order valence-corrected chi connectivity index (χ3v) is 6.76. The van der Waals surface area contributed by atoms with Gasteiger partial charge >= 0.3 is 5.69 Å². The average Bonchev–Trinajstić information content (AvgIpc) is 3.16. The fourth-order valence-corrected chi connectivity index (χ4v) is 5.02. The highest BCUT2D eigenvalue weighted by Crippen LogP contribution is 2.51. The number of nitro benzene ring substituents is 1. The minimum Gasteiger partial charge on any atom is -0.289 e. The van der Waals surface area contributed by atoms with Crippen molar-refractivity contribution in [2.45, 2.75) is 19.8 Å². The van der Waals surface area contributed by atoms with Crippen LogP contribution in [-0.2, 0) is 18.9 Å². The number of anilines is 1. The van der Waals surface area contributed by atoms with E-state index in [1.807, 2.05) is 0 Å². The molecule has 0 saturated heterocycles. The molecule has 0 radical (unpaired) electrons. The summed E-state index contributed by atoms with van der Waals surface area (Å²) >= 11 is 0. The second-order valence-electron chi connectivity index (χ2n) is 9.19. The van der Waals surface area contributed by atoms with E-state index in [9.17, 15) is 29.3 Å². The number of fused-ring (bicyclic) bond motifs is 3. The second kappa shape index (κ2) is 7.98. The van der Waals surface area contributed by atoms with Gasteiger partial charge in [-0.1, -0.05) is 50.2 Å².